The summed E-state index contributed by atoms with van der Waals surface area (Å²) in [4.78, 5) is 48.2. The van der Waals surface area contributed by atoms with Gasteiger partial charge in [0, 0.05) is 29.9 Å². The van der Waals surface area contributed by atoms with Crippen molar-refractivity contribution in [1.29, 1.82) is 0 Å². The molecule has 30 heavy (non-hydrogen) atoms. The highest BCUT2D eigenvalue weighted by molar-refractivity contribution is 6.05. The number of anilines is 2. The van der Waals surface area contributed by atoms with Crippen molar-refractivity contribution in [3.63, 3.8) is 0 Å². The molecule has 0 spiro atoms. The van der Waals surface area contributed by atoms with E-state index in [1.165, 1.54) is 0 Å². The zero-order valence-electron chi connectivity index (χ0n) is 15.9. The average Bonchev–Trinajstić information content (AvgIpc) is 3.18. The van der Waals surface area contributed by atoms with Crippen molar-refractivity contribution in [2.75, 3.05) is 17.2 Å². The molecule has 1 heterocycles. The van der Waals surface area contributed by atoms with Crippen LogP contribution in [0, 0.1) is 5.92 Å². The maximum absolute atomic E-state index is 12.5. The van der Waals surface area contributed by atoms with Gasteiger partial charge in [-0.15, -0.1) is 0 Å². The summed E-state index contributed by atoms with van der Waals surface area (Å²) in [5.41, 5.74) is 2.52. The number of carboxylic acid groups (broad SMARTS) is 2. The highest BCUT2D eigenvalue weighted by Crippen LogP contribution is 2.23. The lowest BCUT2D eigenvalue weighted by Gasteiger charge is -2.19. The standard InChI is InChI=1S/C21H21N3O6/c25-18(13-6-7-16-12(10-13)8-9-22-16)24-17(21(29)30)11-15(20(27)28)19(26)23-14-4-2-1-3-5-14/h1-7,10,15,17,22H,8-9,11H2,(H,23,26)(H,24,25)(H,27,28)(H,29,30)/t15?,17-/m0/s1. The molecule has 3 rings (SSSR count). The van der Waals surface area contributed by atoms with Crippen molar-refractivity contribution < 1.29 is 29.4 Å². The van der Waals surface area contributed by atoms with E-state index in [9.17, 15) is 29.4 Å². The lowest BCUT2D eigenvalue weighted by atomic mass is 9.98. The number of fused-ring (bicyclic) bond motifs is 1. The number of para-hydroxylation sites is 1. The molecule has 2 amide bonds. The van der Waals surface area contributed by atoms with Crippen LogP contribution in [-0.2, 0) is 20.8 Å². The molecule has 2 aromatic rings. The van der Waals surface area contributed by atoms with Crippen LogP contribution in [0.1, 0.15) is 22.3 Å². The number of carboxylic acids is 2. The van der Waals surface area contributed by atoms with Crippen molar-refractivity contribution in [3.05, 3.63) is 59.7 Å². The van der Waals surface area contributed by atoms with Crippen molar-refractivity contribution >= 4 is 35.1 Å². The predicted molar refractivity (Wildman–Crippen MR) is 108 cm³/mol. The molecular formula is C21H21N3O6. The molecule has 0 saturated heterocycles. The molecule has 0 fully saturated rings. The quantitative estimate of drug-likeness (QED) is 0.415. The minimum absolute atomic E-state index is 0.268. The Kier molecular flexibility index (Phi) is 6.31. The van der Waals surface area contributed by atoms with Gasteiger partial charge in [-0.05, 0) is 42.3 Å². The van der Waals surface area contributed by atoms with Crippen LogP contribution in [0.5, 0.6) is 0 Å². The van der Waals surface area contributed by atoms with Crippen LogP contribution in [0.2, 0.25) is 0 Å². The van der Waals surface area contributed by atoms with Gasteiger partial charge >= 0.3 is 11.9 Å². The summed E-state index contributed by atoms with van der Waals surface area (Å²) in [7, 11) is 0. The molecule has 2 atom stereocenters. The van der Waals surface area contributed by atoms with Crippen LogP contribution in [0.4, 0.5) is 11.4 Å². The number of hydrogen-bond acceptors (Lipinski definition) is 5. The van der Waals surface area contributed by atoms with Crippen LogP contribution in [0.3, 0.4) is 0 Å². The van der Waals surface area contributed by atoms with Gasteiger partial charge < -0.3 is 26.2 Å². The number of carbonyl (C=O) groups excluding carboxylic acids is 2. The summed E-state index contributed by atoms with van der Waals surface area (Å²) < 4.78 is 0. The Morgan fingerprint density at radius 1 is 1.00 bits per heavy atom. The molecule has 9 nitrogen and oxygen atoms in total. The van der Waals surface area contributed by atoms with E-state index in [2.05, 4.69) is 16.0 Å². The van der Waals surface area contributed by atoms with Gasteiger partial charge in [-0.3, -0.25) is 14.4 Å². The third-order valence-corrected chi connectivity index (χ3v) is 4.81. The molecule has 156 valence electrons. The summed E-state index contributed by atoms with van der Waals surface area (Å²) in [6.45, 7) is 0.759. The normalized spacial score (nSPS) is 14.0. The van der Waals surface area contributed by atoms with Crippen molar-refractivity contribution in [1.82, 2.24) is 5.32 Å². The van der Waals surface area contributed by atoms with Crippen LogP contribution in [0.15, 0.2) is 48.5 Å². The van der Waals surface area contributed by atoms with E-state index in [1.54, 1.807) is 48.5 Å². The second-order valence-electron chi connectivity index (χ2n) is 6.89. The van der Waals surface area contributed by atoms with E-state index >= 15 is 0 Å². The van der Waals surface area contributed by atoms with Crippen molar-refractivity contribution in [2.45, 2.75) is 18.9 Å². The Morgan fingerprint density at radius 2 is 1.73 bits per heavy atom. The Morgan fingerprint density at radius 3 is 2.40 bits per heavy atom. The Bertz CT molecular complexity index is 976. The monoisotopic (exact) mass is 411 g/mol. The minimum Gasteiger partial charge on any atom is -0.481 e. The lowest BCUT2D eigenvalue weighted by Crippen LogP contribution is -2.45. The second-order valence-corrected chi connectivity index (χ2v) is 6.89. The van der Waals surface area contributed by atoms with Crippen molar-refractivity contribution in [3.8, 4) is 0 Å². The number of benzene rings is 2. The topological polar surface area (TPSA) is 145 Å². The average molecular weight is 411 g/mol. The van der Waals surface area contributed by atoms with Crippen LogP contribution < -0.4 is 16.0 Å². The van der Waals surface area contributed by atoms with E-state index in [0.29, 0.717) is 5.69 Å². The maximum Gasteiger partial charge on any atom is 0.326 e. The molecule has 1 aliphatic heterocycles. The van der Waals surface area contributed by atoms with Crippen LogP contribution in [-0.4, -0.2) is 46.6 Å². The largest absolute Gasteiger partial charge is 0.481 e. The smallest absolute Gasteiger partial charge is 0.326 e. The summed E-state index contributed by atoms with van der Waals surface area (Å²) in [5.74, 6) is -6.07. The molecule has 0 radical (unpaired) electrons. The first-order valence-electron chi connectivity index (χ1n) is 9.34. The lowest BCUT2D eigenvalue weighted by molar-refractivity contribution is -0.147. The fourth-order valence-electron chi connectivity index (χ4n) is 3.22. The summed E-state index contributed by atoms with van der Waals surface area (Å²) in [6, 6.07) is 11.6. The highest BCUT2D eigenvalue weighted by atomic mass is 16.4. The van der Waals surface area contributed by atoms with Gasteiger partial charge in [-0.2, -0.15) is 0 Å². The van der Waals surface area contributed by atoms with Gasteiger partial charge in [0.2, 0.25) is 5.91 Å². The number of amides is 2. The fraction of sp³-hybridized carbons (Fsp3) is 0.238. The molecule has 0 aliphatic carbocycles. The highest BCUT2D eigenvalue weighted by Gasteiger charge is 2.33. The first-order chi connectivity index (χ1) is 14.3. The van der Waals surface area contributed by atoms with Gasteiger partial charge in [0.25, 0.3) is 5.91 Å². The summed E-state index contributed by atoms with van der Waals surface area (Å²) in [5, 5.41) is 26.8. The fourth-order valence-corrected chi connectivity index (χ4v) is 3.22. The van der Waals surface area contributed by atoms with Gasteiger partial charge in [0.15, 0.2) is 0 Å². The summed E-state index contributed by atoms with van der Waals surface area (Å²) in [6.07, 6.45) is 0.154. The number of aliphatic carboxylic acids is 2. The van der Waals surface area contributed by atoms with E-state index in [-0.39, 0.29) is 5.56 Å². The molecule has 1 aliphatic rings. The van der Waals surface area contributed by atoms with E-state index < -0.39 is 42.1 Å². The number of carbonyl (C=O) groups is 4. The molecule has 9 heteroatoms. The molecular weight excluding hydrogens is 390 g/mol. The third-order valence-electron chi connectivity index (χ3n) is 4.81. The number of nitrogens with one attached hydrogen (secondary N) is 3. The Balaban J connectivity index is 1.71. The first-order valence-corrected chi connectivity index (χ1v) is 9.34. The van der Waals surface area contributed by atoms with Gasteiger partial charge in [0.05, 0.1) is 0 Å². The predicted octanol–water partition coefficient (Wildman–Crippen LogP) is 1.57. The molecule has 0 bridgehead atoms. The third kappa shape index (κ3) is 4.93. The van der Waals surface area contributed by atoms with Gasteiger partial charge in [0.1, 0.15) is 12.0 Å². The molecule has 0 saturated carbocycles. The van der Waals surface area contributed by atoms with Gasteiger partial charge in [-0.1, -0.05) is 18.2 Å². The Hall–Kier alpha value is -3.88. The van der Waals surface area contributed by atoms with Crippen LogP contribution in [0.25, 0.3) is 0 Å². The molecule has 1 unspecified atom stereocenters. The van der Waals surface area contributed by atoms with E-state index in [0.717, 1.165) is 24.2 Å². The SMILES string of the molecule is O=C(N[C@@H](CC(C(=O)O)C(=O)Nc1ccccc1)C(=O)O)c1ccc2c(c1)CCN2. The molecule has 2 aromatic carbocycles. The maximum atomic E-state index is 12.5. The Labute approximate surface area is 172 Å². The zero-order chi connectivity index (χ0) is 21.7. The molecule has 0 aromatic heterocycles. The zero-order valence-corrected chi connectivity index (χ0v) is 15.9. The van der Waals surface area contributed by atoms with E-state index in [4.69, 9.17) is 0 Å². The molecule has 5 N–H and O–H groups in total. The first kappa shape index (κ1) is 20.8. The minimum atomic E-state index is -1.66. The van der Waals surface area contributed by atoms with E-state index in [1.807, 2.05) is 0 Å². The number of rotatable bonds is 8. The summed E-state index contributed by atoms with van der Waals surface area (Å²) >= 11 is 0. The second kappa shape index (κ2) is 9.08. The number of hydrogen-bond donors (Lipinski definition) is 5. The van der Waals surface area contributed by atoms with Crippen LogP contribution >= 0.6 is 0 Å². The van der Waals surface area contributed by atoms with Crippen molar-refractivity contribution in [2.24, 2.45) is 5.92 Å². The van der Waals surface area contributed by atoms with Gasteiger partial charge in [-0.25, -0.2) is 4.79 Å².